The van der Waals surface area contributed by atoms with Crippen molar-refractivity contribution in [2.24, 2.45) is 0 Å². The molecule has 0 N–H and O–H groups in total. The molecular weight excluding hydrogens is 272 g/mol. The van der Waals surface area contributed by atoms with E-state index in [2.05, 4.69) is 50.5 Å². The van der Waals surface area contributed by atoms with E-state index < -0.39 is 10.6 Å². The largest absolute Gasteiger partial charge is 0.302 e. The Balaban J connectivity index is 3.80. The molecule has 0 saturated heterocycles. The fourth-order valence-corrected chi connectivity index (χ4v) is 2.16. The molecule has 0 spiro atoms. The molecule has 0 aliphatic heterocycles. The lowest BCUT2D eigenvalue weighted by Crippen LogP contribution is -1.97. The van der Waals surface area contributed by atoms with Gasteiger partial charge < -0.3 is 0 Å². The van der Waals surface area contributed by atoms with Crippen molar-refractivity contribution in [3.05, 3.63) is 15.7 Å². The molecule has 8 heteroatoms. The second-order valence-electron chi connectivity index (χ2n) is 2.49. The zero-order valence-corrected chi connectivity index (χ0v) is 10.6. The maximum Gasteiger partial charge on any atom is 0.302 e. The minimum Gasteiger partial charge on any atom is -0.258 e. The third kappa shape index (κ3) is 2.06. The van der Waals surface area contributed by atoms with Crippen LogP contribution in [0.25, 0.3) is 0 Å². The van der Waals surface area contributed by atoms with Crippen LogP contribution < -0.4 is 0 Å². The molecule has 0 atom stereocenters. The molecule has 0 aliphatic carbocycles. The van der Waals surface area contributed by atoms with Gasteiger partial charge in [0.25, 0.3) is 0 Å². The molecule has 0 amide bonds. The van der Waals surface area contributed by atoms with E-state index in [-0.39, 0.29) is 20.2 Å². The van der Waals surface area contributed by atoms with Crippen LogP contribution in [0.5, 0.6) is 0 Å². The predicted octanol–water partition coefficient (Wildman–Crippen LogP) is 2.62. The molecule has 0 radical (unpaired) electrons. The lowest BCUT2D eigenvalue weighted by molar-refractivity contribution is -0.388. The third-order valence-electron chi connectivity index (χ3n) is 1.67. The van der Waals surface area contributed by atoms with E-state index in [4.69, 9.17) is 5.26 Å². The number of hydrogen-bond donors (Lipinski definition) is 4. The van der Waals surface area contributed by atoms with Gasteiger partial charge in [-0.2, -0.15) is 5.26 Å². The van der Waals surface area contributed by atoms with Crippen molar-refractivity contribution in [3.8, 4) is 6.07 Å². The van der Waals surface area contributed by atoms with Gasteiger partial charge in [-0.1, -0.05) is 0 Å². The van der Waals surface area contributed by atoms with Gasteiger partial charge >= 0.3 is 5.69 Å². The van der Waals surface area contributed by atoms with Gasteiger partial charge in [-0.3, -0.25) is 10.1 Å². The van der Waals surface area contributed by atoms with Gasteiger partial charge in [0.15, 0.2) is 0 Å². The van der Waals surface area contributed by atoms with Crippen LogP contribution in [-0.2, 0) is 0 Å². The zero-order chi connectivity index (χ0) is 11.7. The van der Waals surface area contributed by atoms with Crippen LogP contribution in [0.3, 0.4) is 0 Å². The first-order valence-electron chi connectivity index (χ1n) is 3.46. The second kappa shape index (κ2) is 4.57. The van der Waals surface area contributed by atoms with Crippen LogP contribution >= 0.6 is 50.5 Å². The van der Waals surface area contributed by atoms with E-state index >= 15 is 0 Å². The quantitative estimate of drug-likeness (QED) is 0.362. The Morgan fingerprint density at radius 3 is 1.93 bits per heavy atom. The first-order valence-corrected chi connectivity index (χ1v) is 5.25. The molecule has 0 saturated carbocycles. The first kappa shape index (κ1) is 12.6. The number of nitro benzene ring substituents is 1. The topological polar surface area (TPSA) is 66.9 Å². The first-order chi connectivity index (χ1) is 6.91. The Bertz CT molecular complexity index is 495. The number of benzene rings is 1. The van der Waals surface area contributed by atoms with Gasteiger partial charge in [-0.05, 0) is 0 Å². The third-order valence-corrected chi connectivity index (χ3v) is 3.97. The molecule has 0 aliphatic rings. The highest BCUT2D eigenvalue weighted by molar-refractivity contribution is 7.86. The highest BCUT2D eigenvalue weighted by atomic mass is 32.1. The number of hydrogen-bond acceptors (Lipinski definition) is 7. The van der Waals surface area contributed by atoms with Gasteiger partial charge in [0.05, 0.1) is 9.82 Å². The average molecular weight is 276 g/mol. The van der Waals surface area contributed by atoms with Gasteiger partial charge in [-0.25, -0.2) is 0 Å². The number of nitro groups is 1. The molecule has 0 heterocycles. The Labute approximate surface area is 107 Å². The number of nitriles is 1. The van der Waals surface area contributed by atoms with Crippen LogP contribution in [0, 0.1) is 21.4 Å². The molecule has 1 aromatic carbocycles. The molecular formula is C7H4N2O2S4. The van der Waals surface area contributed by atoms with Gasteiger partial charge in [0.2, 0.25) is 0 Å². The summed E-state index contributed by atoms with van der Waals surface area (Å²) >= 11 is 16.0. The van der Waals surface area contributed by atoms with E-state index in [1.165, 1.54) is 0 Å². The van der Waals surface area contributed by atoms with Crippen LogP contribution in [0.4, 0.5) is 5.69 Å². The minimum absolute atomic E-state index is 0.0164. The maximum absolute atomic E-state index is 10.7. The molecule has 0 bridgehead atoms. The van der Waals surface area contributed by atoms with E-state index in [1.54, 1.807) is 6.07 Å². The minimum atomic E-state index is -0.687. The van der Waals surface area contributed by atoms with Gasteiger partial charge in [0.1, 0.15) is 11.6 Å². The van der Waals surface area contributed by atoms with E-state index in [1.807, 2.05) is 0 Å². The number of nitrogens with zero attached hydrogens (tertiary/aromatic N) is 2. The van der Waals surface area contributed by atoms with Crippen molar-refractivity contribution in [1.82, 2.24) is 0 Å². The molecule has 1 rings (SSSR count). The Hall–Kier alpha value is -0.490. The van der Waals surface area contributed by atoms with Crippen LogP contribution in [-0.4, -0.2) is 4.92 Å². The van der Waals surface area contributed by atoms with Crippen molar-refractivity contribution in [2.75, 3.05) is 0 Å². The van der Waals surface area contributed by atoms with Crippen LogP contribution in [0.2, 0.25) is 0 Å². The summed E-state index contributed by atoms with van der Waals surface area (Å²) in [5, 5.41) is 19.5. The lowest BCUT2D eigenvalue weighted by Gasteiger charge is -2.08. The summed E-state index contributed by atoms with van der Waals surface area (Å²) in [6.45, 7) is 0. The van der Waals surface area contributed by atoms with Gasteiger partial charge in [0, 0.05) is 14.7 Å². The SMILES string of the molecule is N#Cc1c(S)c(S)c(S)c(S)c1[N+](=O)[O-]. The van der Waals surface area contributed by atoms with E-state index in [0.717, 1.165) is 0 Å². The van der Waals surface area contributed by atoms with Crippen molar-refractivity contribution >= 4 is 56.2 Å². The standard InChI is InChI=1S/C7H4N2O2S4/c8-1-2-3(9(10)11)5(13)7(15)6(14)4(2)12/h12-15H. The summed E-state index contributed by atoms with van der Waals surface area (Å²) in [6.07, 6.45) is 0. The number of thiol groups is 4. The Kier molecular flexibility index (Phi) is 3.83. The Morgan fingerprint density at radius 1 is 1.07 bits per heavy atom. The zero-order valence-electron chi connectivity index (χ0n) is 7.00. The lowest BCUT2D eigenvalue weighted by atomic mass is 10.2. The molecule has 0 fully saturated rings. The van der Waals surface area contributed by atoms with Crippen molar-refractivity contribution in [2.45, 2.75) is 19.6 Å². The summed E-state index contributed by atoms with van der Waals surface area (Å²) in [5.74, 6) is 0. The van der Waals surface area contributed by atoms with Crippen molar-refractivity contribution in [3.63, 3.8) is 0 Å². The summed E-state index contributed by atoms with van der Waals surface area (Å²) in [7, 11) is 0. The second-order valence-corrected chi connectivity index (χ2v) is 4.28. The van der Waals surface area contributed by atoms with Gasteiger partial charge in [-0.15, -0.1) is 50.5 Å². The molecule has 4 nitrogen and oxygen atoms in total. The maximum atomic E-state index is 10.7. The highest BCUT2D eigenvalue weighted by Gasteiger charge is 2.25. The Morgan fingerprint density at radius 2 is 1.53 bits per heavy atom. The summed E-state index contributed by atoms with van der Waals surface area (Å²) < 4.78 is 0. The molecule has 1 aromatic rings. The highest BCUT2D eigenvalue weighted by Crippen LogP contribution is 2.41. The fourth-order valence-electron chi connectivity index (χ4n) is 0.969. The molecule has 0 aromatic heterocycles. The monoisotopic (exact) mass is 276 g/mol. The molecule has 0 unspecified atom stereocenters. The van der Waals surface area contributed by atoms with E-state index in [0.29, 0.717) is 4.90 Å². The summed E-state index contributed by atoms with van der Waals surface area (Å²) in [6, 6.07) is 1.70. The van der Waals surface area contributed by atoms with Crippen molar-refractivity contribution in [1.29, 1.82) is 5.26 Å². The van der Waals surface area contributed by atoms with Crippen LogP contribution in [0.1, 0.15) is 5.56 Å². The molecule has 78 valence electrons. The number of rotatable bonds is 1. The fraction of sp³-hybridized carbons (Fsp3) is 0. The predicted molar refractivity (Wildman–Crippen MR) is 66.8 cm³/mol. The normalized spacial score (nSPS) is 9.80. The van der Waals surface area contributed by atoms with E-state index in [9.17, 15) is 10.1 Å². The van der Waals surface area contributed by atoms with Crippen LogP contribution in [0.15, 0.2) is 19.6 Å². The average Bonchev–Trinajstić information content (AvgIpc) is 2.19. The summed E-state index contributed by atoms with van der Waals surface area (Å²) in [4.78, 5) is 10.7. The summed E-state index contributed by atoms with van der Waals surface area (Å²) in [5.41, 5.74) is -0.551. The smallest absolute Gasteiger partial charge is 0.258 e. The van der Waals surface area contributed by atoms with Crippen molar-refractivity contribution < 1.29 is 4.92 Å². The molecule has 15 heavy (non-hydrogen) atoms.